The van der Waals surface area contributed by atoms with Gasteiger partial charge in [-0.3, -0.25) is 4.79 Å². The number of hydrogen-bond acceptors (Lipinski definition) is 3. The van der Waals surface area contributed by atoms with Crippen LogP contribution in [0.1, 0.15) is 53.4 Å². The summed E-state index contributed by atoms with van der Waals surface area (Å²) in [6.07, 6.45) is 2.84. The first-order valence-electron chi connectivity index (χ1n) is 7.19. The quantitative estimate of drug-likeness (QED) is 0.522. The number of amides is 1. The lowest BCUT2D eigenvalue weighted by Crippen LogP contribution is -2.36. The predicted octanol–water partition coefficient (Wildman–Crippen LogP) is 1.68. The molecule has 1 amide bonds. The first-order valence-corrected chi connectivity index (χ1v) is 7.19. The van der Waals surface area contributed by atoms with Gasteiger partial charge in [-0.1, -0.05) is 40.5 Å². The Morgan fingerprint density at radius 3 is 2.33 bits per heavy atom. The topological polar surface area (TPSA) is 61.4 Å². The van der Waals surface area contributed by atoms with Crippen molar-refractivity contribution in [2.75, 3.05) is 13.1 Å². The van der Waals surface area contributed by atoms with Crippen LogP contribution in [0.3, 0.4) is 0 Å². The number of carbonyl (C=O) groups is 1. The largest absolute Gasteiger partial charge is 0.391 e. The summed E-state index contributed by atoms with van der Waals surface area (Å²) in [6.45, 7) is 9.55. The SMILES string of the molecule is CCC(CC)C(O)CNC(=O)CCCNC(C)C. The predicted molar refractivity (Wildman–Crippen MR) is 75.5 cm³/mol. The first kappa shape index (κ1) is 17.4. The molecule has 0 aromatic carbocycles. The molecule has 108 valence electrons. The Morgan fingerprint density at radius 2 is 1.83 bits per heavy atom. The third-order valence-electron chi connectivity index (χ3n) is 3.23. The normalized spacial score (nSPS) is 13.1. The fourth-order valence-electron chi connectivity index (χ4n) is 1.95. The molecule has 3 N–H and O–H groups in total. The van der Waals surface area contributed by atoms with Crippen molar-refractivity contribution in [3.8, 4) is 0 Å². The summed E-state index contributed by atoms with van der Waals surface area (Å²) < 4.78 is 0. The van der Waals surface area contributed by atoms with Crippen molar-refractivity contribution in [1.29, 1.82) is 0 Å². The summed E-state index contributed by atoms with van der Waals surface area (Å²) in [5, 5.41) is 16.0. The second kappa shape index (κ2) is 10.3. The number of aliphatic hydroxyl groups excluding tert-OH is 1. The van der Waals surface area contributed by atoms with Crippen molar-refractivity contribution in [3.05, 3.63) is 0 Å². The van der Waals surface area contributed by atoms with Crippen molar-refractivity contribution < 1.29 is 9.90 Å². The molecule has 0 radical (unpaired) electrons. The highest BCUT2D eigenvalue weighted by Crippen LogP contribution is 2.12. The van der Waals surface area contributed by atoms with E-state index >= 15 is 0 Å². The summed E-state index contributed by atoms with van der Waals surface area (Å²) >= 11 is 0. The third kappa shape index (κ3) is 8.48. The fraction of sp³-hybridized carbons (Fsp3) is 0.929. The summed E-state index contributed by atoms with van der Waals surface area (Å²) in [7, 11) is 0. The van der Waals surface area contributed by atoms with Crippen LogP contribution in [0.25, 0.3) is 0 Å². The number of nitrogens with one attached hydrogen (secondary N) is 2. The molecule has 0 rings (SSSR count). The van der Waals surface area contributed by atoms with E-state index in [4.69, 9.17) is 0 Å². The van der Waals surface area contributed by atoms with E-state index in [9.17, 15) is 9.90 Å². The van der Waals surface area contributed by atoms with Gasteiger partial charge in [0.2, 0.25) is 5.91 Å². The molecular weight excluding hydrogens is 228 g/mol. The van der Waals surface area contributed by atoms with Gasteiger partial charge >= 0.3 is 0 Å². The van der Waals surface area contributed by atoms with E-state index in [1.54, 1.807) is 0 Å². The van der Waals surface area contributed by atoms with Crippen LogP contribution in [0, 0.1) is 5.92 Å². The Morgan fingerprint density at radius 1 is 1.22 bits per heavy atom. The molecule has 4 nitrogen and oxygen atoms in total. The highest BCUT2D eigenvalue weighted by Gasteiger charge is 2.15. The van der Waals surface area contributed by atoms with Crippen LogP contribution in [-0.4, -0.2) is 36.2 Å². The zero-order valence-electron chi connectivity index (χ0n) is 12.3. The van der Waals surface area contributed by atoms with Crippen molar-refractivity contribution in [2.24, 2.45) is 5.92 Å². The molecule has 0 spiro atoms. The Balaban J connectivity index is 3.63. The number of rotatable bonds is 10. The lowest BCUT2D eigenvalue weighted by atomic mass is 9.96. The molecule has 0 aromatic heterocycles. The van der Waals surface area contributed by atoms with Gasteiger partial charge in [-0.25, -0.2) is 0 Å². The molecule has 0 saturated carbocycles. The summed E-state index contributed by atoms with van der Waals surface area (Å²) in [5.74, 6) is 0.318. The Kier molecular flexibility index (Phi) is 9.98. The van der Waals surface area contributed by atoms with Gasteiger partial charge in [-0.2, -0.15) is 0 Å². The molecule has 0 aliphatic carbocycles. The zero-order valence-corrected chi connectivity index (χ0v) is 12.3. The fourth-order valence-corrected chi connectivity index (χ4v) is 1.95. The summed E-state index contributed by atoms with van der Waals surface area (Å²) in [4.78, 5) is 11.5. The minimum atomic E-state index is -0.419. The highest BCUT2D eigenvalue weighted by molar-refractivity contribution is 5.75. The summed E-state index contributed by atoms with van der Waals surface area (Å²) in [6, 6.07) is 0.463. The van der Waals surface area contributed by atoms with Gasteiger partial charge < -0.3 is 15.7 Å². The molecule has 0 bridgehead atoms. The summed E-state index contributed by atoms with van der Waals surface area (Å²) in [5.41, 5.74) is 0. The highest BCUT2D eigenvalue weighted by atomic mass is 16.3. The maximum absolute atomic E-state index is 11.5. The van der Waals surface area contributed by atoms with Gasteiger partial charge in [-0.15, -0.1) is 0 Å². The lowest BCUT2D eigenvalue weighted by molar-refractivity contribution is -0.121. The standard InChI is InChI=1S/C14H30N2O2/c1-5-12(6-2)13(17)10-16-14(18)8-7-9-15-11(3)4/h11-13,15,17H,5-10H2,1-4H3,(H,16,18). The van der Waals surface area contributed by atoms with Crippen LogP contribution in [0.15, 0.2) is 0 Å². The van der Waals surface area contributed by atoms with Crippen molar-refractivity contribution in [3.63, 3.8) is 0 Å². The molecule has 0 saturated heterocycles. The number of aliphatic hydroxyl groups is 1. The van der Waals surface area contributed by atoms with E-state index < -0.39 is 6.10 Å². The Labute approximate surface area is 112 Å². The van der Waals surface area contributed by atoms with Crippen molar-refractivity contribution >= 4 is 5.91 Å². The molecule has 0 aliphatic rings. The number of hydrogen-bond donors (Lipinski definition) is 3. The lowest BCUT2D eigenvalue weighted by Gasteiger charge is -2.20. The molecule has 4 heteroatoms. The van der Waals surface area contributed by atoms with E-state index in [0.29, 0.717) is 19.0 Å². The Hall–Kier alpha value is -0.610. The van der Waals surface area contributed by atoms with Gasteiger partial charge in [0.05, 0.1) is 6.10 Å². The smallest absolute Gasteiger partial charge is 0.220 e. The zero-order chi connectivity index (χ0) is 14.0. The van der Waals surface area contributed by atoms with E-state index in [2.05, 4.69) is 38.3 Å². The van der Waals surface area contributed by atoms with E-state index in [1.165, 1.54) is 0 Å². The van der Waals surface area contributed by atoms with Gasteiger partial charge in [-0.05, 0) is 18.9 Å². The van der Waals surface area contributed by atoms with Crippen LogP contribution >= 0.6 is 0 Å². The number of carbonyl (C=O) groups excluding carboxylic acids is 1. The van der Waals surface area contributed by atoms with Crippen LogP contribution < -0.4 is 10.6 Å². The monoisotopic (exact) mass is 258 g/mol. The van der Waals surface area contributed by atoms with Gasteiger partial charge in [0.1, 0.15) is 0 Å². The van der Waals surface area contributed by atoms with Gasteiger partial charge in [0.15, 0.2) is 0 Å². The van der Waals surface area contributed by atoms with E-state index in [-0.39, 0.29) is 11.8 Å². The molecule has 0 aliphatic heterocycles. The van der Waals surface area contributed by atoms with Crippen LogP contribution in [0.2, 0.25) is 0 Å². The van der Waals surface area contributed by atoms with Gasteiger partial charge in [0, 0.05) is 19.0 Å². The van der Waals surface area contributed by atoms with E-state index in [1.807, 2.05) is 0 Å². The second-order valence-corrected chi connectivity index (χ2v) is 5.16. The maximum Gasteiger partial charge on any atom is 0.220 e. The first-order chi connectivity index (χ1) is 8.51. The molecule has 1 atom stereocenters. The van der Waals surface area contributed by atoms with E-state index in [0.717, 1.165) is 25.8 Å². The maximum atomic E-state index is 11.5. The molecule has 0 heterocycles. The molecule has 1 unspecified atom stereocenters. The van der Waals surface area contributed by atoms with Crippen LogP contribution in [-0.2, 0) is 4.79 Å². The third-order valence-corrected chi connectivity index (χ3v) is 3.23. The second-order valence-electron chi connectivity index (χ2n) is 5.16. The van der Waals surface area contributed by atoms with Gasteiger partial charge in [0.25, 0.3) is 0 Å². The van der Waals surface area contributed by atoms with Crippen LogP contribution in [0.5, 0.6) is 0 Å². The molecule has 18 heavy (non-hydrogen) atoms. The molecular formula is C14H30N2O2. The minimum Gasteiger partial charge on any atom is -0.391 e. The van der Waals surface area contributed by atoms with Crippen molar-refractivity contribution in [1.82, 2.24) is 10.6 Å². The Bertz CT molecular complexity index is 216. The average Bonchev–Trinajstić information content (AvgIpc) is 2.33. The minimum absolute atomic E-state index is 0.0329. The molecule has 0 aromatic rings. The molecule has 0 fully saturated rings. The average molecular weight is 258 g/mol. The van der Waals surface area contributed by atoms with Crippen molar-refractivity contribution in [2.45, 2.75) is 65.5 Å². The van der Waals surface area contributed by atoms with Crippen LogP contribution in [0.4, 0.5) is 0 Å².